The van der Waals surface area contributed by atoms with Gasteiger partial charge in [-0.3, -0.25) is 4.79 Å². The van der Waals surface area contributed by atoms with Crippen LogP contribution in [0.15, 0.2) is 51.2 Å². The molecule has 1 aromatic heterocycles. The standard InChI is InChI=1S/C31H36N2O12/c1-14(13-34)6-7-16-12-17(8-10-19(16)35)27(38)33-21-22(36)18-9-11-20(15(2)24(18)43-28(21)39)42-29-23(37)25(44-30(32)40)26(41-5)31(3,4)45-29/h6,8-12,23,25-26,29,34-37H,7,13H2,1-5H3,(H2,32,40)(H,33,38)/b14-6+/t23-,25+,26-,29+/m1/s1. The van der Waals surface area contributed by atoms with Crippen LogP contribution in [0.5, 0.6) is 17.2 Å². The van der Waals surface area contributed by atoms with E-state index in [-0.39, 0.29) is 46.6 Å². The zero-order chi connectivity index (χ0) is 33.2. The Kier molecular flexibility index (Phi) is 9.73. The first-order chi connectivity index (χ1) is 21.2. The molecule has 0 aliphatic carbocycles. The maximum absolute atomic E-state index is 13.0. The number of phenolic OH excluding ortho intramolecular Hbond substituents is 1. The van der Waals surface area contributed by atoms with Gasteiger partial charge in [0, 0.05) is 18.2 Å². The van der Waals surface area contributed by atoms with Gasteiger partial charge in [-0.1, -0.05) is 11.6 Å². The summed E-state index contributed by atoms with van der Waals surface area (Å²) in [6.07, 6.45) is -4.20. The van der Waals surface area contributed by atoms with Gasteiger partial charge in [-0.15, -0.1) is 0 Å². The van der Waals surface area contributed by atoms with Crippen molar-refractivity contribution in [2.45, 2.75) is 64.3 Å². The topological polar surface area (TPSA) is 220 Å². The van der Waals surface area contributed by atoms with E-state index in [0.29, 0.717) is 11.1 Å². The SMILES string of the molecule is CO[C@@H]1[C@@H](OC(N)=O)[C@@H](O)[C@@H](Oc2ccc3c(O)c(NC(=O)c4ccc(O)c(C/C=C(\C)CO)c4)c(=O)oc3c2C)OC1(C)C. The largest absolute Gasteiger partial charge is 0.508 e. The molecule has 1 fully saturated rings. The average Bonchev–Trinajstić information content (AvgIpc) is 2.98. The Labute approximate surface area is 257 Å². The van der Waals surface area contributed by atoms with Gasteiger partial charge in [0.05, 0.1) is 17.6 Å². The minimum Gasteiger partial charge on any atom is -0.508 e. The zero-order valence-electron chi connectivity index (χ0n) is 25.3. The van der Waals surface area contributed by atoms with E-state index in [9.17, 15) is 34.8 Å². The molecule has 2 aromatic carbocycles. The molecule has 7 N–H and O–H groups in total. The predicted molar refractivity (Wildman–Crippen MR) is 160 cm³/mol. The summed E-state index contributed by atoms with van der Waals surface area (Å²) >= 11 is 0. The third-order valence-corrected chi connectivity index (χ3v) is 7.52. The van der Waals surface area contributed by atoms with Gasteiger partial charge in [0.1, 0.15) is 23.2 Å². The highest BCUT2D eigenvalue weighted by Gasteiger charge is 2.53. The quantitative estimate of drug-likeness (QED) is 0.149. The number of allylic oxidation sites excluding steroid dienone is 1. The van der Waals surface area contributed by atoms with Crippen LogP contribution in [0.1, 0.15) is 42.3 Å². The van der Waals surface area contributed by atoms with Gasteiger partial charge in [0.25, 0.3) is 5.91 Å². The second kappa shape index (κ2) is 13.2. The summed E-state index contributed by atoms with van der Waals surface area (Å²) in [7, 11) is 1.36. The number of aromatic hydroxyl groups is 2. The summed E-state index contributed by atoms with van der Waals surface area (Å²) in [5.41, 5.74) is 3.92. The Balaban J connectivity index is 1.62. The van der Waals surface area contributed by atoms with Crippen molar-refractivity contribution in [3.63, 3.8) is 0 Å². The lowest BCUT2D eigenvalue weighted by Gasteiger charge is -2.47. The molecule has 2 heterocycles. The number of nitrogens with two attached hydrogens (primary N) is 1. The molecule has 14 heteroatoms. The number of methoxy groups -OCH3 is 1. The summed E-state index contributed by atoms with van der Waals surface area (Å²) in [6, 6.07) is 6.92. The lowest BCUT2D eigenvalue weighted by Crippen LogP contribution is -2.65. The lowest BCUT2D eigenvalue weighted by molar-refractivity contribution is -0.304. The van der Waals surface area contributed by atoms with Crippen molar-refractivity contribution >= 4 is 28.7 Å². The van der Waals surface area contributed by atoms with Crippen molar-refractivity contribution in [2.75, 3.05) is 19.0 Å². The summed E-state index contributed by atoms with van der Waals surface area (Å²) in [4.78, 5) is 37.5. The summed E-state index contributed by atoms with van der Waals surface area (Å²) in [6.45, 7) is 6.40. The minimum absolute atomic E-state index is 0.0563. The first-order valence-electron chi connectivity index (χ1n) is 13.9. The van der Waals surface area contributed by atoms with Gasteiger partial charge in [0.2, 0.25) is 6.29 Å². The number of benzene rings is 2. The van der Waals surface area contributed by atoms with Crippen LogP contribution in [0, 0.1) is 6.92 Å². The fraction of sp³-hybridized carbons (Fsp3) is 0.387. The van der Waals surface area contributed by atoms with Crippen molar-refractivity contribution in [2.24, 2.45) is 5.73 Å². The number of aliphatic hydroxyl groups is 2. The second-order valence-corrected chi connectivity index (χ2v) is 11.1. The molecule has 14 nitrogen and oxygen atoms in total. The molecule has 1 aliphatic rings. The van der Waals surface area contributed by atoms with Gasteiger partial charge in [0.15, 0.2) is 23.6 Å². The van der Waals surface area contributed by atoms with E-state index in [1.807, 2.05) is 0 Å². The van der Waals surface area contributed by atoms with Crippen LogP contribution in [0.4, 0.5) is 10.5 Å². The molecule has 2 amide bonds. The van der Waals surface area contributed by atoms with Crippen LogP contribution in [-0.2, 0) is 20.6 Å². The number of hydrogen-bond donors (Lipinski definition) is 6. The smallest absolute Gasteiger partial charge is 0.404 e. The van der Waals surface area contributed by atoms with E-state index in [1.165, 1.54) is 37.4 Å². The number of anilines is 1. The third-order valence-electron chi connectivity index (χ3n) is 7.52. The van der Waals surface area contributed by atoms with Crippen molar-refractivity contribution in [3.05, 3.63) is 69.1 Å². The van der Waals surface area contributed by atoms with E-state index >= 15 is 0 Å². The van der Waals surface area contributed by atoms with Crippen molar-refractivity contribution < 1.29 is 53.4 Å². The first kappa shape index (κ1) is 33.3. The Morgan fingerprint density at radius 2 is 1.89 bits per heavy atom. The number of carbonyl (C=O) groups is 2. The lowest BCUT2D eigenvalue weighted by atomic mass is 9.89. The molecular weight excluding hydrogens is 592 g/mol. The number of amides is 2. The monoisotopic (exact) mass is 628 g/mol. The number of fused-ring (bicyclic) bond motifs is 1. The van der Waals surface area contributed by atoms with Crippen molar-refractivity contribution in [1.29, 1.82) is 0 Å². The number of carbonyl (C=O) groups excluding carboxylic acids is 2. The van der Waals surface area contributed by atoms with E-state index in [4.69, 9.17) is 29.1 Å². The number of ether oxygens (including phenoxy) is 4. The molecule has 1 aliphatic heterocycles. The fourth-order valence-corrected chi connectivity index (χ4v) is 5.10. The van der Waals surface area contributed by atoms with Gasteiger partial charge in [-0.2, -0.15) is 0 Å². The zero-order valence-corrected chi connectivity index (χ0v) is 25.3. The highest BCUT2D eigenvalue weighted by molar-refractivity contribution is 6.06. The molecule has 3 aromatic rings. The number of aryl methyl sites for hydroxylation is 1. The molecular formula is C31H36N2O12. The highest BCUT2D eigenvalue weighted by atomic mass is 16.7. The molecule has 1 saturated heterocycles. The van der Waals surface area contributed by atoms with E-state index in [0.717, 1.165) is 0 Å². The van der Waals surface area contributed by atoms with Crippen molar-refractivity contribution in [1.82, 2.24) is 0 Å². The van der Waals surface area contributed by atoms with Gasteiger partial charge < -0.3 is 54.8 Å². The molecule has 242 valence electrons. The molecule has 4 rings (SSSR count). The third kappa shape index (κ3) is 6.88. The van der Waals surface area contributed by atoms with Crippen LogP contribution in [0.3, 0.4) is 0 Å². The predicted octanol–water partition coefficient (Wildman–Crippen LogP) is 2.60. The van der Waals surface area contributed by atoms with E-state index in [2.05, 4.69) is 5.32 Å². The molecule has 4 atom stereocenters. The normalized spacial score (nSPS) is 21.4. The Morgan fingerprint density at radius 1 is 1.18 bits per heavy atom. The van der Waals surface area contributed by atoms with Crippen LogP contribution >= 0.6 is 0 Å². The van der Waals surface area contributed by atoms with Gasteiger partial charge >= 0.3 is 11.7 Å². The second-order valence-electron chi connectivity index (χ2n) is 11.1. The van der Waals surface area contributed by atoms with Crippen LogP contribution < -0.4 is 21.4 Å². The van der Waals surface area contributed by atoms with Crippen molar-refractivity contribution in [3.8, 4) is 17.2 Å². The van der Waals surface area contributed by atoms with Crippen LogP contribution in [0.25, 0.3) is 11.0 Å². The summed E-state index contributed by atoms with van der Waals surface area (Å²) in [5.74, 6) is -1.25. The Morgan fingerprint density at radius 3 is 2.53 bits per heavy atom. The van der Waals surface area contributed by atoms with Gasteiger partial charge in [-0.05, 0) is 70.0 Å². The average molecular weight is 629 g/mol. The number of hydrogen-bond acceptors (Lipinski definition) is 12. The minimum atomic E-state index is -1.53. The van der Waals surface area contributed by atoms with E-state index in [1.54, 1.807) is 33.8 Å². The molecule has 0 spiro atoms. The molecule has 0 radical (unpaired) electrons. The van der Waals surface area contributed by atoms with Crippen LogP contribution in [-0.4, -0.2) is 76.3 Å². The number of phenols is 1. The van der Waals surface area contributed by atoms with Crippen LogP contribution in [0.2, 0.25) is 0 Å². The summed E-state index contributed by atoms with van der Waals surface area (Å²) < 4.78 is 27.8. The first-order valence-corrected chi connectivity index (χ1v) is 13.9. The molecule has 0 unspecified atom stereocenters. The molecule has 0 bridgehead atoms. The maximum atomic E-state index is 13.0. The number of primary amides is 1. The maximum Gasteiger partial charge on any atom is 0.404 e. The van der Waals surface area contributed by atoms with Gasteiger partial charge in [-0.25, -0.2) is 9.59 Å². The van der Waals surface area contributed by atoms with E-state index < -0.39 is 59.3 Å². The highest BCUT2D eigenvalue weighted by Crippen LogP contribution is 2.38. The Bertz CT molecular complexity index is 1700. The Hall–Kier alpha value is -4.63. The molecule has 45 heavy (non-hydrogen) atoms. The summed E-state index contributed by atoms with van der Waals surface area (Å²) in [5, 5.41) is 43.7. The fourth-order valence-electron chi connectivity index (χ4n) is 5.10. The number of aliphatic hydroxyl groups excluding tert-OH is 2. The number of nitrogens with one attached hydrogen (secondary N) is 1. The molecule has 0 saturated carbocycles. The number of rotatable bonds is 9.